The van der Waals surface area contributed by atoms with Gasteiger partial charge in [0.2, 0.25) is 10.0 Å². The zero-order valence-electron chi connectivity index (χ0n) is 18.2. The Balaban J connectivity index is 2.23. The van der Waals surface area contributed by atoms with Crippen LogP contribution in [0.1, 0.15) is 49.9 Å². The molecule has 0 spiro atoms. The lowest BCUT2D eigenvalue weighted by molar-refractivity contribution is 0.102. The molecule has 0 saturated heterocycles. The molecule has 170 valence electrons. The summed E-state index contributed by atoms with van der Waals surface area (Å²) in [6.45, 7) is 4.95. The summed E-state index contributed by atoms with van der Waals surface area (Å²) >= 11 is 0. The lowest BCUT2D eigenvalue weighted by atomic mass is 10.2. The third-order valence-corrected chi connectivity index (χ3v) is 7.88. The second kappa shape index (κ2) is 10.9. The molecule has 2 aromatic carbocycles. The SMILES string of the molecule is CCCCN(CCCC)S(=O)(=O)c1ccc(C(=O)Nc2ccccc2S(C)(=O)=O)cc1. The van der Waals surface area contributed by atoms with Gasteiger partial charge in [-0.05, 0) is 49.2 Å². The van der Waals surface area contributed by atoms with Crippen molar-refractivity contribution in [3.05, 3.63) is 54.1 Å². The van der Waals surface area contributed by atoms with Crippen molar-refractivity contribution in [2.24, 2.45) is 0 Å². The zero-order chi connectivity index (χ0) is 23.1. The number of nitrogens with zero attached hydrogens (tertiary/aromatic N) is 1. The molecule has 0 fully saturated rings. The maximum atomic E-state index is 13.0. The maximum Gasteiger partial charge on any atom is 0.255 e. The smallest absolute Gasteiger partial charge is 0.255 e. The molecule has 0 radical (unpaired) electrons. The van der Waals surface area contributed by atoms with Crippen molar-refractivity contribution >= 4 is 31.5 Å². The fraction of sp³-hybridized carbons (Fsp3) is 0.409. The van der Waals surface area contributed by atoms with Gasteiger partial charge in [-0.3, -0.25) is 4.79 Å². The number of amides is 1. The molecule has 31 heavy (non-hydrogen) atoms. The Bertz CT molecular complexity index is 1090. The number of carbonyl (C=O) groups is 1. The first-order chi connectivity index (χ1) is 14.6. The van der Waals surface area contributed by atoms with E-state index in [1.54, 1.807) is 12.1 Å². The van der Waals surface area contributed by atoms with Gasteiger partial charge in [-0.15, -0.1) is 0 Å². The van der Waals surface area contributed by atoms with Gasteiger partial charge in [0.1, 0.15) is 0 Å². The maximum absolute atomic E-state index is 13.0. The first-order valence-corrected chi connectivity index (χ1v) is 13.6. The van der Waals surface area contributed by atoms with Crippen molar-refractivity contribution < 1.29 is 21.6 Å². The summed E-state index contributed by atoms with van der Waals surface area (Å²) < 4.78 is 51.4. The molecule has 9 heteroatoms. The topological polar surface area (TPSA) is 101 Å². The highest BCUT2D eigenvalue weighted by molar-refractivity contribution is 7.91. The molecule has 0 aliphatic rings. The third kappa shape index (κ3) is 6.62. The zero-order valence-corrected chi connectivity index (χ0v) is 19.8. The van der Waals surface area contributed by atoms with E-state index in [0.717, 1.165) is 31.9 Å². The van der Waals surface area contributed by atoms with E-state index in [1.807, 2.05) is 13.8 Å². The van der Waals surface area contributed by atoms with E-state index in [-0.39, 0.29) is 21.0 Å². The largest absolute Gasteiger partial charge is 0.321 e. The number of rotatable bonds is 11. The minimum absolute atomic E-state index is 0.0186. The van der Waals surface area contributed by atoms with Crippen molar-refractivity contribution in [1.29, 1.82) is 0 Å². The van der Waals surface area contributed by atoms with Crippen LogP contribution in [0.25, 0.3) is 0 Å². The van der Waals surface area contributed by atoms with Crippen LogP contribution >= 0.6 is 0 Å². The Morgan fingerprint density at radius 3 is 1.94 bits per heavy atom. The van der Waals surface area contributed by atoms with Crippen LogP contribution in [-0.2, 0) is 19.9 Å². The Hall–Kier alpha value is -2.23. The molecule has 0 aliphatic carbocycles. The number of para-hydroxylation sites is 1. The van der Waals surface area contributed by atoms with Crippen LogP contribution in [-0.4, -0.2) is 46.4 Å². The standard InChI is InChI=1S/C22H30N2O5S2/c1-4-6-16-24(17-7-5-2)31(28,29)19-14-12-18(13-15-19)22(25)23-20-10-8-9-11-21(20)30(3,26)27/h8-15H,4-7,16-17H2,1-3H3,(H,23,25). The number of sulfonamides is 1. The number of unbranched alkanes of at least 4 members (excludes halogenated alkanes) is 2. The highest BCUT2D eigenvalue weighted by Crippen LogP contribution is 2.22. The van der Waals surface area contributed by atoms with Gasteiger partial charge in [-0.25, -0.2) is 16.8 Å². The quantitative estimate of drug-likeness (QED) is 0.541. The van der Waals surface area contributed by atoms with Gasteiger partial charge in [-0.1, -0.05) is 38.8 Å². The molecule has 1 N–H and O–H groups in total. The molecule has 1 amide bonds. The van der Waals surface area contributed by atoms with E-state index < -0.39 is 25.8 Å². The summed E-state index contributed by atoms with van der Waals surface area (Å²) in [5.41, 5.74) is 0.410. The summed E-state index contributed by atoms with van der Waals surface area (Å²) in [6.07, 6.45) is 4.42. The number of benzene rings is 2. The molecular formula is C22H30N2O5S2. The number of hydrogen-bond acceptors (Lipinski definition) is 5. The van der Waals surface area contributed by atoms with Gasteiger partial charge < -0.3 is 5.32 Å². The van der Waals surface area contributed by atoms with Gasteiger partial charge in [0.15, 0.2) is 9.84 Å². The second-order valence-electron chi connectivity index (χ2n) is 7.36. The van der Waals surface area contributed by atoms with E-state index in [9.17, 15) is 21.6 Å². The van der Waals surface area contributed by atoms with Crippen LogP contribution in [0.4, 0.5) is 5.69 Å². The van der Waals surface area contributed by atoms with Crippen LogP contribution in [0.15, 0.2) is 58.3 Å². The first kappa shape index (κ1) is 25.0. The van der Waals surface area contributed by atoms with Crippen LogP contribution in [0, 0.1) is 0 Å². The number of sulfone groups is 1. The number of anilines is 1. The average molecular weight is 467 g/mol. The molecule has 0 heterocycles. The second-order valence-corrected chi connectivity index (χ2v) is 11.3. The van der Waals surface area contributed by atoms with Crippen LogP contribution < -0.4 is 5.32 Å². The van der Waals surface area contributed by atoms with E-state index >= 15 is 0 Å². The van der Waals surface area contributed by atoms with E-state index in [1.165, 1.54) is 40.7 Å². The Morgan fingerprint density at radius 1 is 0.871 bits per heavy atom. The van der Waals surface area contributed by atoms with Gasteiger partial charge >= 0.3 is 0 Å². The normalized spacial score (nSPS) is 12.1. The molecule has 0 aromatic heterocycles. The monoisotopic (exact) mass is 466 g/mol. The third-order valence-electron chi connectivity index (χ3n) is 4.81. The first-order valence-electron chi connectivity index (χ1n) is 10.3. The summed E-state index contributed by atoms with van der Waals surface area (Å²) in [5.74, 6) is -0.520. The molecule has 0 saturated carbocycles. The fourth-order valence-electron chi connectivity index (χ4n) is 3.04. The van der Waals surface area contributed by atoms with E-state index in [0.29, 0.717) is 13.1 Å². The van der Waals surface area contributed by atoms with E-state index in [4.69, 9.17) is 0 Å². The van der Waals surface area contributed by atoms with Crippen molar-refractivity contribution in [2.75, 3.05) is 24.7 Å². The highest BCUT2D eigenvalue weighted by atomic mass is 32.2. The minimum atomic E-state index is -3.65. The lowest BCUT2D eigenvalue weighted by Gasteiger charge is -2.22. The summed E-state index contributed by atoms with van der Waals surface area (Å²) in [4.78, 5) is 12.8. The van der Waals surface area contributed by atoms with Gasteiger partial charge in [0.25, 0.3) is 5.91 Å². The molecular weight excluding hydrogens is 436 g/mol. The van der Waals surface area contributed by atoms with E-state index in [2.05, 4.69) is 5.32 Å². The van der Waals surface area contributed by atoms with Gasteiger partial charge in [0.05, 0.1) is 15.5 Å². The molecule has 7 nitrogen and oxygen atoms in total. The van der Waals surface area contributed by atoms with Crippen LogP contribution in [0.5, 0.6) is 0 Å². The van der Waals surface area contributed by atoms with Crippen molar-refractivity contribution in [3.8, 4) is 0 Å². The van der Waals surface area contributed by atoms with Crippen LogP contribution in [0.3, 0.4) is 0 Å². The van der Waals surface area contributed by atoms with Gasteiger partial charge in [0, 0.05) is 24.9 Å². The Morgan fingerprint density at radius 2 is 1.42 bits per heavy atom. The summed E-state index contributed by atoms with van der Waals surface area (Å²) in [5, 5.41) is 2.59. The number of hydrogen-bond donors (Lipinski definition) is 1. The molecule has 0 bridgehead atoms. The lowest BCUT2D eigenvalue weighted by Crippen LogP contribution is -2.33. The highest BCUT2D eigenvalue weighted by Gasteiger charge is 2.24. The summed E-state index contributed by atoms with van der Waals surface area (Å²) in [6, 6.07) is 11.8. The predicted octanol–water partition coefficient (Wildman–Crippen LogP) is 3.93. The molecule has 2 aromatic rings. The van der Waals surface area contributed by atoms with Crippen molar-refractivity contribution in [2.45, 2.75) is 49.3 Å². The Labute approximate surface area is 185 Å². The molecule has 0 atom stereocenters. The number of carbonyl (C=O) groups excluding carboxylic acids is 1. The summed E-state index contributed by atoms with van der Waals surface area (Å²) in [7, 11) is -7.16. The van der Waals surface area contributed by atoms with Crippen LogP contribution in [0.2, 0.25) is 0 Å². The van der Waals surface area contributed by atoms with Crippen molar-refractivity contribution in [3.63, 3.8) is 0 Å². The van der Waals surface area contributed by atoms with Gasteiger partial charge in [-0.2, -0.15) is 4.31 Å². The average Bonchev–Trinajstić information content (AvgIpc) is 2.73. The molecule has 0 unspecified atom stereocenters. The predicted molar refractivity (Wildman–Crippen MR) is 123 cm³/mol. The Kier molecular flexibility index (Phi) is 8.79. The number of nitrogens with one attached hydrogen (secondary N) is 1. The molecule has 0 aliphatic heterocycles. The van der Waals surface area contributed by atoms with Crippen molar-refractivity contribution in [1.82, 2.24) is 4.31 Å². The molecule has 2 rings (SSSR count). The minimum Gasteiger partial charge on any atom is -0.321 e. The fourth-order valence-corrected chi connectivity index (χ4v) is 5.40.